The molecular formula is C23H40N6O2. The van der Waals surface area contributed by atoms with Gasteiger partial charge in [-0.1, -0.05) is 20.8 Å². The smallest absolute Gasteiger partial charge is 0.272 e. The van der Waals surface area contributed by atoms with Crippen LogP contribution >= 0.6 is 0 Å². The Kier molecular flexibility index (Phi) is 7.75. The van der Waals surface area contributed by atoms with Crippen LogP contribution in [0, 0.1) is 5.41 Å². The summed E-state index contributed by atoms with van der Waals surface area (Å²) in [5.74, 6) is 0.560. The second-order valence-corrected chi connectivity index (χ2v) is 10.1. The molecule has 1 atom stereocenters. The molecule has 174 valence electrons. The van der Waals surface area contributed by atoms with Gasteiger partial charge in [-0.05, 0) is 64.3 Å². The summed E-state index contributed by atoms with van der Waals surface area (Å²) in [5.41, 5.74) is 1.04. The zero-order valence-electron chi connectivity index (χ0n) is 20.0. The van der Waals surface area contributed by atoms with Crippen LogP contribution in [0.15, 0.2) is 0 Å². The first-order chi connectivity index (χ1) is 14.7. The number of carbonyl (C=O) groups is 2. The Bertz CT molecular complexity index is 776. The highest BCUT2D eigenvalue weighted by Gasteiger charge is 2.34. The molecule has 1 unspecified atom stereocenters. The normalized spacial score (nSPS) is 19.0. The lowest BCUT2D eigenvalue weighted by Crippen LogP contribution is -2.53. The molecule has 1 aromatic heterocycles. The van der Waals surface area contributed by atoms with Crippen molar-refractivity contribution in [2.75, 3.05) is 40.3 Å². The number of fused-ring (bicyclic) bond motifs is 1. The van der Waals surface area contributed by atoms with Crippen molar-refractivity contribution in [3.8, 4) is 0 Å². The number of rotatable bonds is 7. The van der Waals surface area contributed by atoms with E-state index >= 15 is 0 Å². The molecule has 0 aromatic carbocycles. The van der Waals surface area contributed by atoms with E-state index in [9.17, 15) is 9.59 Å². The number of aromatic nitrogens is 2. The van der Waals surface area contributed by atoms with Crippen LogP contribution in [0.2, 0.25) is 0 Å². The second-order valence-electron chi connectivity index (χ2n) is 10.1. The summed E-state index contributed by atoms with van der Waals surface area (Å²) in [6, 6.07) is -0.621. The minimum Gasteiger partial charge on any atom is -0.357 e. The average Bonchev–Trinajstić information content (AvgIpc) is 3.29. The summed E-state index contributed by atoms with van der Waals surface area (Å²) in [6.45, 7) is 11.9. The maximum absolute atomic E-state index is 13.3. The summed E-state index contributed by atoms with van der Waals surface area (Å²) in [7, 11) is 3.68. The molecule has 0 saturated carbocycles. The van der Waals surface area contributed by atoms with Gasteiger partial charge in [-0.2, -0.15) is 0 Å². The van der Waals surface area contributed by atoms with Crippen molar-refractivity contribution in [1.82, 2.24) is 30.0 Å². The second kappa shape index (κ2) is 10.1. The molecule has 1 fully saturated rings. The topological polar surface area (TPSA) is 82.5 Å². The largest absolute Gasteiger partial charge is 0.357 e. The summed E-state index contributed by atoms with van der Waals surface area (Å²) >= 11 is 0. The van der Waals surface area contributed by atoms with Gasteiger partial charge in [0.2, 0.25) is 5.91 Å². The number of likely N-dealkylation sites (N-methyl/N-ethyl adjacent to an activating group) is 1. The van der Waals surface area contributed by atoms with Gasteiger partial charge in [0.05, 0.1) is 5.69 Å². The van der Waals surface area contributed by atoms with Crippen molar-refractivity contribution in [2.45, 2.75) is 72.0 Å². The van der Waals surface area contributed by atoms with E-state index in [1.54, 1.807) is 7.05 Å². The molecule has 8 nitrogen and oxygen atoms in total. The lowest BCUT2D eigenvalue weighted by Gasteiger charge is -2.29. The molecule has 1 aromatic rings. The fourth-order valence-electron chi connectivity index (χ4n) is 4.65. The Balaban J connectivity index is 1.81. The summed E-state index contributed by atoms with van der Waals surface area (Å²) < 4.78 is 2.26. The first-order valence-corrected chi connectivity index (χ1v) is 11.7. The zero-order chi connectivity index (χ0) is 22.6. The highest BCUT2D eigenvalue weighted by molar-refractivity contribution is 5.97. The van der Waals surface area contributed by atoms with Gasteiger partial charge in [0.1, 0.15) is 11.9 Å². The summed E-state index contributed by atoms with van der Waals surface area (Å²) in [5, 5.41) is 5.65. The molecule has 3 heterocycles. The van der Waals surface area contributed by atoms with E-state index in [0.29, 0.717) is 12.2 Å². The molecule has 1 saturated heterocycles. The SMILES string of the molecule is CNC(=O)C(NC(=O)c1nc(CCCN2CCCC2)n2c1CN(C)CCC2)C(C)(C)C. The van der Waals surface area contributed by atoms with E-state index < -0.39 is 11.5 Å². The fourth-order valence-corrected chi connectivity index (χ4v) is 4.65. The lowest BCUT2D eigenvalue weighted by molar-refractivity contribution is -0.124. The number of nitrogens with zero attached hydrogens (tertiary/aromatic N) is 4. The van der Waals surface area contributed by atoms with Gasteiger partial charge < -0.3 is 25.0 Å². The lowest BCUT2D eigenvalue weighted by atomic mass is 9.86. The first-order valence-electron chi connectivity index (χ1n) is 11.7. The Morgan fingerprint density at radius 2 is 1.81 bits per heavy atom. The molecule has 0 spiro atoms. The van der Waals surface area contributed by atoms with Crippen molar-refractivity contribution >= 4 is 11.8 Å². The van der Waals surface area contributed by atoms with Crippen LogP contribution in [-0.4, -0.2) is 77.5 Å². The Morgan fingerprint density at radius 1 is 1.10 bits per heavy atom. The van der Waals surface area contributed by atoms with E-state index in [-0.39, 0.29) is 11.8 Å². The molecule has 0 bridgehead atoms. The van der Waals surface area contributed by atoms with Crippen LogP contribution in [0.25, 0.3) is 0 Å². The average molecular weight is 433 g/mol. The number of hydrogen-bond donors (Lipinski definition) is 2. The number of likely N-dealkylation sites (tertiary alicyclic amines) is 1. The number of imidazole rings is 1. The van der Waals surface area contributed by atoms with Crippen molar-refractivity contribution in [1.29, 1.82) is 0 Å². The number of aryl methyl sites for hydroxylation is 1. The molecule has 2 aliphatic heterocycles. The highest BCUT2D eigenvalue weighted by atomic mass is 16.2. The van der Waals surface area contributed by atoms with E-state index in [0.717, 1.165) is 50.4 Å². The Morgan fingerprint density at radius 3 is 2.45 bits per heavy atom. The number of nitrogens with one attached hydrogen (secondary N) is 2. The minimum absolute atomic E-state index is 0.186. The maximum Gasteiger partial charge on any atom is 0.272 e. The third-order valence-corrected chi connectivity index (χ3v) is 6.43. The number of hydrogen-bond acceptors (Lipinski definition) is 5. The van der Waals surface area contributed by atoms with Crippen molar-refractivity contribution in [2.24, 2.45) is 5.41 Å². The van der Waals surface area contributed by atoms with Crippen molar-refractivity contribution in [3.05, 3.63) is 17.2 Å². The van der Waals surface area contributed by atoms with Crippen LogP contribution in [0.3, 0.4) is 0 Å². The molecule has 3 rings (SSSR count). The maximum atomic E-state index is 13.3. The summed E-state index contributed by atoms with van der Waals surface area (Å²) in [4.78, 5) is 35.3. The van der Waals surface area contributed by atoms with Crippen LogP contribution in [0.1, 0.15) is 68.5 Å². The molecule has 2 amide bonds. The zero-order valence-corrected chi connectivity index (χ0v) is 20.0. The third kappa shape index (κ3) is 5.86. The van der Waals surface area contributed by atoms with Crippen molar-refractivity contribution in [3.63, 3.8) is 0 Å². The molecule has 0 radical (unpaired) electrons. The summed E-state index contributed by atoms with van der Waals surface area (Å²) in [6.07, 6.45) is 5.57. The Labute approximate surface area is 186 Å². The van der Waals surface area contributed by atoms with Crippen LogP contribution < -0.4 is 10.6 Å². The predicted molar refractivity (Wildman–Crippen MR) is 122 cm³/mol. The van der Waals surface area contributed by atoms with Crippen molar-refractivity contribution < 1.29 is 9.59 Å². The quantitative estimate of drug-likeness (QED) is 0.685. The van der Waals surface area contributed by atoms with Gasteiger partial charge in [0, 0.05) is 26.6 Å². The van der Waals surface area contributed by atoms with E-state index in [1.807, 2.05) is 20.8 Å². The van der Waals surface area contributed by atoms with E-state index in [4.69, 9.17) is 4.98 Å². The third-order valence-electron chi connectivity index (χ3n) is 6.43. The first kappa shape index (κ1) is 23.7. The van der Waals surface area contributed by atoms with Gasteiger partial charge in [-0.15, -0.1) is 0 Å². The molecule has 8 heteroatoms. The van der Waals surface area contributed by atoms with Crippen LogP contribution in [0.4, 0.5) is 0 Å². The highest BCUT2D eigenvalue weighted by Crippen LogP contribution is 2.23. The van der Waals surface area contributed by atoms with Gasteiger partial charge >= 0.3 is 0 Å². The van der Waals surface area contributed by atoms with Crippen LogP contribution in [0.5, 0.6) is 0 Å². The minimum atomic E-state index is -0.621. The predicted octanol–water partition coefficient (Wildman–Crippen LogP) is 1.64. The van der Waals surface area contributed by atoms with Gasteiger partial charge in [-0.25, -0.2) is 4.98 Å². The van der Waals surface area contributed by atoms with Gasteiger partial charge in [0.25, 0.3) is 5.91 Å². The standard InChI is InChI=1S/C23H40N6O2/c1-23(2,3)20(22(31)24-4)26-21(30)19-17-16-27(5)11-9-15-29(17)18(25-19)10-8-14-28-12-6-7-13-28/h20H,6-16H2,1-5H3,(H,24,31)(H,26,30). The molecule has 0 aliphatic carbocycles. The van der Waals surface area contributed by atoms with E-state index in [2.05, 4.69) is 32.0 Å². The van der Waals surface area contributed by atoms with Gasteiger partial charge in [0.15, 0.2) is 5.69 Å². The molecule has 31 heavy (non-hydrogen) atoms. The fraction of sp³-hybridized carbons (Fsp3) is 0.783. The Hall–Kier alpha value is -1.93. The molecule has 2 aliphatic rings. The number of amides is 2. The number of carbonyl (C=O) groups excluding carboxylic acids is 2. The molecular weight excluding hydrogens is 392 g/mol. The van der Waals surface area contributed by atoms with E-state index in [1.165, 1.54) is 25.9 Å². The van der Waals surface area contributed by atoms with Gasteiger partial charge in [-0.3, -0.25) is 9.59 Å². The monoisotopic (exact) mass is 432 g/mol. The molecule has 2 N–H and O–H groups in total. The van der Waals surface area contributed by atoms with Crippen LogP contribution in [-0.2, 0) is 24.3 Å².